The van der Waals surface area contributed by atoms with Crippen molar-refractivity contribution in [2.45, 2.75) is 50.9 Å². The van der Waals surface area contributed by atoms with Gasteiger partial charge >= 0.3 is 0 Å². The van der Waals surface area contributed by atoms with Crippen molar-refractivity contribution in [3.8, 4) is 0 Å². The number of piperidine rings is 1. The van der Waals surface area contributed by atoms with E-state index in [2.05, 4.69) is 39.0 Å². The van der Waals surface area contributed by atoms with Crippen LogP contribution < -0.4 is 0 Å². The largest absolute Gasteiger partial charge is 0.381 e. The number of methoxy groups -OCH3 is 1. The van der Waals surface area contributed by atoms with E-state index >= 15 is 0 Å². The fourth-order valence-corrected chi connectivity index (χ4v) is 4.98. The molecule has 1 aromatic carbocycles. The first kappa shape index (κ1) is 20.8. The highest BCUT2D eigenvalue weighted by atomic mass is 16.5. The number of ether oxygens (including phenoxy) is 2. The molecule has 6 heteroatoms. The second kappa shape index (κ2) is 10.0. The maximum atomic E-state index is 13.2. The molecule has 1 amide bonds. The molecular weight excluding hydrogens is 366 g/mol. The summed E-state index contributed by atoms with van der Waals surface area (Å²) in [6, 6.07) is 9.19. The molecule has 0 radical (unpaired) electrons. The van der Waals surface area contributed by atoms with Crippen molar-refractivity contribution in [1.29, 1.82) is 0 Å². The maximum absolute atomic E-state index is 13.2. The predicted molar refractivity (Wildman–Crippen MR) is 113 cm³/mol. The lowest BCUT2D eigenvalue weighted by atomic mass is 9.97. The van der Waals surface area contributed by atoms with Crippen LogP contribution in [0.25, 0.3) is 0 Å². The Morgan fingerprint density at radius 1 is 0.966 bits per heavy atom. The van der Waals surface area contributed by atoms with E-state index in [1.807, 2.05) is 0 Å². The van der Waals surface area contributed by atoms with Crippen LogP contribution in [-0.4, -0.2) is 85.7 Å². The van der Waals surface area contributed by atoms with Gasteiger partial charge < -0.3 is 14.4 Å². The third kappa shape index (κ3) is 5.18. The number of hydrogen-bond acceptors (Lipinski definition) is 5. The van der Waals surface area contributed by atoms with Gasteiger partial charge in [0.2, 0.25) is 5.91 Å². The lowest BCUT2D eigenvalue weighted by Crippen LogP contribution is -2.59. The van der Waals surface area contributed by atoms with Gasteiger partial charge in [-0.15, -0.1) is 0 Å². The Morgan fingerprint density at radius 3 is 2.34 bits per heavy atom. The highest BCUT2D eigenvalue weighted by molar-refractivity contribution is 5.83. The van der Waals surface area contributed by atoms with E-state index in [0.717, 1.165) is 78.2 Å². The molecule has 6 nitrogen and oxygen atoms in total. The quantitative estimate of drug-likeness (QED) is 0.731. The van der Waals surface area contributed by atoms with E-state index in [1.165, 1.54) is 11.1 Å². The number of likely N-dealkylation sites (tertiary alicyclic amines) is 1. The number of nitrogens with zero attached hydrogens (tertiary/aromatic N) is 3. The zero-order valence-corrected chi connectivity index (χ0v) is 17.7. The van der Waals surface area contributed by atoms with Gasteiger partial charge in [0, 0.05) is 65.6 Å². The molecule has 0 spiro atoms. The molecule has 3 saturated heterocycles. The summed E-state index contributed by atoms with van der Waals surface area (Å²) in [4.78, 5) is 20.3. The molecule has 1 unspecified atom stereocenters. The van der Waals surface area contributed by atoms with Gasteiger partial charge in [0.15, 0.2) is 0 Å². The molecule has 3 fully saturated rings. The number of hydrogen-bond donors (Lipinski definition) is 0. The Balaban J connectivity index is 1.28. The number of piperazine rings is 1. The summed E-state index contributed by atoms with van der Waals surface area (Å²) in [6.07, 6.45) is 4.13. The Labute approximate surface area is 174 Å². The van der Waals surface area contributed by atoms with Crippen molar-refractivity contribution in [1.82, 2.24) is 14.7 Å². The van der Waals surface area contributed by atoms with Gasteiger partial charge in [-0.1, -0.05) is 24.3 Å². The van der Waals surface area contributed by atoms with E-state index in [9.17, 15) is 4.79 Å². The van der Waals surface area contributed by atoms with Gasteiger partial charge in [-0.25, -0.2) is 0 Å². The number of amides is 1. The maximum Gasteiger partial charge on any atom is 0.240 e. The van der Waals surface area contributed by atoms with Crippen LogP contribution in [0.4, 0.5) is 0 Å². The van der Waals surface area contributed by atoms with Crippen LogP contribution in [0.5, 0.6) is 0 Å². The topological polar surface area (TPSA) is 45.2 Å². The van der Waals surface area contributed by atoms with Crippen molar-refractivity contribution >= 4 is 5.91 Å². The summed E-state index contributed by atoms with van der Waals surface area (Å²) in [5, 5.41) is 0. The van der Waals surface area contributed by atoms with Crippen LogP contribution in [0, 0.1) is 0 Å². The van der Waals surface area contributed by atoms with Crippen LogP contribution >= 0.6 is 0 Å². The predicted octanol–water partition coefficient (Wildman–Crippen LogP) is 2.12. The molecule has 4 rings (SSSR count). The molecule has 3 aliphatic heterocycles. The summed E-state index contributed by atoms with van der Waals surface area (Å²) in [6.45, 7) is 8.20. The number of carbonyl (C=O) groups excluding carboxylic acids is 1. The van der Waals surface area contributed by atoms with Gasteiger partial charge in [-0.05, 0) is 36.8 Å². The van der Waals surface area contributed by atoms with Crippen LogP contribution in [0.1, 0.15) is 36.8 Å². The van der Waals surface area contributed by atoms with Crippen molar-refractivity contribution in [2.24, 2.45) is 0 Å². The minimum absolute atomic E-state index is 0.0853. The molecule has 29 heavy (non-hydrogen) atoms. The lowest BCUT2D eigenvalue weighted by Gasteiger charge is -2.45. The summed E-state index contributed by atoms with van der Waals surface area (Å²) < 4.78 is 10.7. The minimum Gasteiger partial charge on any atom is -0.381 e. The van der Waals surface area contributed by atoms with E-state index in [4.69, 9.17) is 9.47 Å². The number of rotatable bonds is 6. The summed E-state index contributed by atoms with van der Waals surface area (Å²) in [7, 11) is 1.73. The average molecular weight is 402 g/mol. The third-order valence-corrected chi connectivity index (χ3v) is 6.66. The molecule has 1 atom stereocenters. The highest BCUT2D eigenvalue weighted by Gasteiger charge is 2.37. The van der Waals surface area contributed by atoms with E-state index in [-0.39, 0.29) is 6.04 Å². The minimum atomic E-state index is 0.0853. The molecular formula is C23H35N3O3. The van der Waals surface area contributed by atoms with Crippen molar-refractivity contribution < 1.29 is 14.3 Å². The molecule has 3 aliphatic rings. The summed E-state index contributed by atoms with van der Waals surface area (Å²) in [5.41, 5.74) is 2.56. The van der Waals surface area contributed by atoms with Crippen LogP contribution in [0.3, 0.4) is 0 Å². The van der Waals surface area contributed by atoms with Crippen molar-refractivity contribution in [2.75, 3.05) is 53.0 Å². The highest BCUT2D eigenvalue weighted by Crippen LogP contribution is 2.24. The van der Waals surface area contributed by atoms with Gasteiger partial charge in [0.05, 0.1) is 12.6 Å². The third-order valence-electron chi connectivity index (χ3n) is 6.66. The van der Waals surface area contributed by atoms with E-state index in [1.54, 1.807) is 7.11 Å². The van der Waals surface area contributed by atoms with Crippen molar-refractivity contribution in [3.63, 3.8) is 0 Å². The van der Waals surface area contributed by atoms with Crippen molar-refractivity contribution in [3.05, 3.63) is 35.4 Å². The second-order valence-electron chi connectivity index (χ2n) is 8.59. The lowest BCUT2D eigenvalue weighted by molar-refractivity contribution is -0.145. The molecule has 0 bridgehead atoms. The fraction of sp³-hybridized carbons (Fsp3) is 0.696. The molecule has 0 N–H and O–H groups in total. The summed E-state index contributed by atoms with van der Waals surface area (Å²) >= 11 is 0. The molecule has 1 aromatic rings. The fourth-order valence-electron chi connectivity index (χ4n) is 4.98. The van der Waals surface area contributed by atoms with Crippen LogP contribution in [-0.2, 0) is 27.4 Å². The van der Waals surface area contributed by atoms with Crippen LogP contribution in [0.15, 0.2) is 24.3 Å². The Kier molecular flexibility index (Phi) is 7.19. The Bertz CT molecular complexity index is 652. The van der Waals surface area contributed by atoms with Gasteiger partial charge in [-0.3, -0.25) is 14.6 Å². The smallest absolute Gasteiger partial charge is 0.240 e. The van der Waals surface area contributed by atoms with Gasteiger partial charge in [-0.2, -0.15) is 0 Å². The Hall–Kier alpha value is -1.47. The SMILES string of the molecule is COCc1ccc(CN2CCN(C3CCCN(C4CCOCC4)C3=O)CC2)cc1. The monoisotopic (exact) mass is 401 g/mol. The zero-order chi connectivity index (χ0) is 20.1. The first-order chi connectivity index (χ1) is 14.2. The summed E-state index contributed by atoms with van der Waals surface area (Å²) in [5.74, 6) is 0.366. The molecule has 0 aromatic heterocycles. The van der Waals surface area contributed by atoms with E-state index < -0.39 is 0 Å². The first-order valence-corrected chi connectivity index (χ1v) is 11.2. The number of benzene rings is 1. The molecule has 160 valence electrons. The average Bonchev–Trinajstić information content (AvgIpc) is 2.77. The molecule has 3 heterocycles. The van der Waals surface area contributed by atoms with Crippen LogP contribution in [0.2, 0.25) is 0 Å². The normalized spacial score (nSPS) is 25.5. The van der Waals surface area contributed by atoms with Gasteiger partial charge in [0.25, 0.3) is 0 Å². The first-order valence-electron chi connectivity index (χ1n) is 11.2. The number of carbonyl (C=O) groups is 1. The molecule has 0 aliphatic carbocycles. The Morgan fingerprint density at radius 2 is 1.66 bits per heavy atom. The standard InChI is InChI=1S/C23H35N3O3/c1-28-18-20-6-4-19(5-7-20)17-24-11-13-25(14-12-24)22-3-2-10-26(23(22)27)21-8-15-29-16-9-21/h4-7,21-22H,2-3,8-18H2,1H3. The van der Waals surface area contributed by atoms with E-state index in [0.29, 0.717) is 18.6 Å². The zero-order valence-electron chi connectivity index (χ0n) is 17.7. The second-order valence-corrected chi connectivity index (χ2v) is 8.59. The molecule has 0 saturated carbocycles. The van der Waals surface area contributed by atoms with Gasteiger partial charge in [0.1, 0.15) is 0 Å².